The Kier molecular flexibility index (Phi) is 4.39. The minimum atomic E-state index is -3.64. The van der Waals surface area contributed by atoms with Gasteiger partial charge in [-0.3, -0.25) is 0 Å². The number of hydrogen-bond donors (Lipinski definition) is 2. The van der Waals surface area contributed by atoms with E-state index in [1.807, 2.05) is 18.3 Å². The summed E-state index contributed by atoms with van der Waals surface area (Å²) in [6.45, 7) is 0.235. The first-order valence-electron chi connectivity index (χ1n) is 6.96. The number of rotatable bonds is 5. The van der Waals surface area contributed by atoms with Crippen molar-refractivity contribution in [2.24, 2.45) is 0 Å². The first-order chi connectivity index (χ1) is 11.0. The van der Waals surface area contributed by atoms with Crippen LogP contribution in [0.5, 0.6) is 0 Å². The molecule has 3 aromatic rings. The number of aromatic amines is 1. The van der Waals surface area contributed by atoms with Gasteiger partial charge in [0.25, 0.3) is 0 Å². The molecule has 0 bridgehead atoms. The second-order valence-electron chi connectivity index (χ2n) is 5.11. The average Bonchev–Trinajstić information content (AvgIpc) is 2.90. The van der Waals surface area contributed by atoms with E-state index in [0.29, 0.717) is 11.4 Å². The lowest BCUT2D eigenvalue weighted by atomic mass is 10.1. The Morgan fingerprint density at radius 1 is 1.13 bits per heavy atom. The van der Waals surface area contributed by atoms with Crippen molar-refractivity contribution in [2.75, 3.05) is 6.54 Å². The van der Waals surface area contributed by atoms with Crippen LogP contribution in [0.4, 0.5) is 4.39 Å². The molecule has 2 N–H and O–H groups in total. The SMILES string of the molecule is O=S(=O)(NCCc1c[nH]c2ccc(Cl)cc12)c1ccc(F)cc1. The second-order valence-corrected chi connectivity index (χ2v) is 7.31. The third kappa shape index (κ3) is 3.55. The highest BCUT2D eigenvalue weighted by molar-refractivity contribution is 7.89. The van der Waals surface area contributed by atoms with Gasteiger partial charge in [-0.05, 0) is 54.4 Å². The molecule has 0 amide bonds. The molecule has 120 valence electrons. The Hall–Kier alpha value is -1.89. The molecule has 0 saturated carbocycles. The van der Waals surface area contributed by atoms with Crippen LogP contribution in [0.1, 0.15) is 5.56 Å². The van der Waals surface area contributed by atoms with Gasteiger partial charge in [-0.1, -0.05) is 11.6 Å². The normalized spacial score (nSPS) is 11.9. The van der Waals surface area contributed by atoms with Gasteiger partial charge in [0.1, 0.15) is 5.82 Å². The standard InChI is InChI=1S/C16H14ClFN2O2S/c17-12-1-6-16-15(9-12)11(10-19-16)7-8-20-23(21,22)14-4-2-13(18)3-5-14/h1-6,9-10,19-20H,7-8H2. The minimum absolute atomic E-state index is 0.0425. The fraction of sp³-hybridized carbons (Fsp3) is 0.125. The third-order valence-electron chi connectivity index (χ3n) is 3.54. The molecule has 0 aliphatic heterocycles. The van der Waals surface area contributed by atoms with E-state index in [2.05, 4.69) is 9.71 Å². The van der Waals surface area contributed by atoms with Gasteiger partial charge in [-0.15, -0.1) is 0 Å². The lowest BCUT2D eigenvalue weighted by molar-refractivity contribution is 0.581. The van der Waals surface area contributed by atoms with Crippen molar-refractivity contribution in [3.8, 4) is 0 Å². The molecule has 2 aromatic carbocycles. The number of fused-ring (bicyclic) bond motifs is 1. The molecule has 0 fully saturated rings. The van der Waals surface area contributed by atoms with Crippen LogP contribution in [0.2, 0.25) is 5.02 Å². The van der Waals surface area contributed by atoms with Crippen LogP contribution in [-0.2, 0) is 16.4 Å². The van der Waals surface area contributed by atoms with Crippen LogP contribution in [0.3, 0.4) is 0 Å². The van der Waals surface area contributed by atoms with E-state index >= 15 is 0 Å². The van der Waals surface area contributed by atoms with Gasteiger partial charge >= 0.3 is 0 Å². The van der Waals surface area contributed by atoms with Crippen molar-refractivity contribution in [1.82, 2.24) is 9.71 Å². The number of nitrogens with one attached hydrogen (secondary N) is 2. The number of H-pyrrole nitrogens is 1. The third-order valence-corrected chi connectivity index (χ3v) is 5.25. The zero-order valence-corrected chi connectivity index (χ0v) is 13.6. The van der Waals surface area contributed by atoms with E-state index < -0.39 is 15.8 Å². The van der Waals surface area contributed by atoms with Crippen molar-refractivity contribution in [3.63, 3.8) is 0 Å². The Labute approximate surface area is 138 Å². The minimum Gasteiger partial charge on any atom is -0.361 e. The summed E-state index contributed by atoms with van der Waals surface area (Å²) in [7, 11) is -3.64. The predicted octanol–water partition coefficient (Wildman–Crippen LogP) is 3.48. The average molecular weight is 353 g/mol. The number of halogens is 2. The molecular formula is C16H14ClFN2O2S. The van der Waals surface area contributed by atoms with Crippen molar-refractivity contribution in [2.45, 2.75) is 11.3 Å². The Morgan fingerprint density at radius 2 is 1.87 bits per heavy atom. The summed E-state index contributed by atoms with van der Waals surface area (Å²) in [6, 6.07) is 10.2. The van der Waals surface area contributed by atoms with Gasteiger partial charge < -0.3 is 4.98 Å². The van der Waals surface area contributed by atoms with E-state index in [1.54, 1.807) is 6.07 Å². The molecule has 0 unspecified atom stereocenters. The van der Waals surface area contributed by atoms with Crippen LogP contribution in [0.15, 0.2) is 53.6 Å². The maximum Gasteiger partial charge on any atom is 0.240 e. The van der Waals surface area contributed by atoms with Gasteiger partial charge in [-0.2, -0.15) is 0 Å². The van der Waals surface area contributed by atoms with E-state index in [-0.39, 0.29) is 11.4 Å². The van der Waals surface area contributed by atoms with Crippen LogP contribution in [0, 0.1) is 5.82 Å². The highest BCUT2D eigenvalue weighted by Crippen LogP contribution is 2.22. The summed E-state index contributed by atoms with van der Waals surface area (Å²) in [5, 5.41) is 1.60. The van der Waals surface area contributed by atoms with E-state index in [4.69, 9.17) is 11.6 Å². The lowest BCUT2D eigenvalue weighted by Crippen LogP contribution is -2.25. The smallest absolute Gasteiger partial charge is 0.240 e. The molecule has 1 heterocycles. The molecule has 4 nitrogen and oxygen atoms in total. The van der Waals surface area contributed by atoms with Gasteiger partial charge in [-0.25, -0.2) is 17.5 Å². The highest BCUT2D eigenvalue weighted by Gasteiger charge is 2.13. The maximum absolute atomic E-state index is 12.9. The van der Waals surface area contributed by atoms with Crippen molar-refractivity contribution in [1.29, 1.82) is 0 Å². The highest BCUT2D eigenvalue weighted by atomic mass is 35.5. The fourth-order valence-electron chi connectivity index (χ4n) is 2.37. The molecule has 0 aliphatic rings. The van der Waals surface area contributed by atoms with Crippen molar-refractivity contribution in [3.05, 3.63) is 65.1 Å². The summed E-state index contributed by atoms with van der Waals surface area (Å²) in [6.07, 6.45) is 2.36. The summed E-state index contributed by atoms with van der Waals surface area (Å²) in [4.78, 5) is 3.17. The largest absolute Gasteiger partial charge is 0.361 e. The molecule has 0 saturated heterocycles. The Bertz CT molecular complexity index is 936. The second kappa shape index (κ2) is 6.31. The van der Waals surface area contributed by atoms with Gasteiger partial charge in [0.2, 0.25) is 10.0 Å². The van der Waals surface area contributed by atoms with Gasteiger partial charge in [0.05, 0.1) is 4.90 Å². The summed E-state index contributed by atoms with van der Waals surface area (Å²) < 4.78 is 39.6. The van der Waals surface area contributed by atoms with E-state index in [1.165, 1.54) is 12.1 Å². The molecule has 1 aromatic heterocycles. The van der Waals surface area contributed by atoms with Crippen molar-refractivity contribution >= 4 is 32.5 Å². The topological polar surface area (TPSA) is 62.0 Å². The molecule has 0 atom stereocenters. The number of hydrogen-bond acceptors (Lipinski definition) is 2. The van der Waals surface area contributed by atoms with Crippen LogP contribution in [-0.4, -0.2) is 19.9 Å². The maximum atomic E-state index is 12.9. The zero-order valence-electron chi connectivity index (χ0n) is 12.0. The van der Waals surface area contributed by atoms with Gasteiger partial charge in [0.15, 0.2) is 0 Å². The quantitative estimate of drug-likeness (QED) is 0.738. The fourth-order valence-corrected chi connectivity index (χ4v) is 3.58. The Balaban J connectivity index is 1.70. The summed E-state index contributed by atoms with van der Waals surface area (Å²) in [5.41, 5.74) is 1.93. The molecule has 23 heavy (non-hydrogen) atoms. The molecule has 3 rings (SSSR count). The van der Waals surface area contributed by atoms with E-state index in [9.17, 15) is 12.8 Å². The van der Waals surface area contributed by atoms with E-state index in [0.717, 1.165) is 28.6 Å². The molecule has 7 heteroatoms. The number of benzene rings is 2. The lowest BCUT2D eigenvalue weighted by Gasteiger charge is -2.06. The van der Waals surface area contributed by atoms with Crippen LogP contribution in [0.25, 0.3) is 10.9 Å². The first-order valence-corrected chi connectivity index (χ1v) is 8.82. The Morgan fingerprint density at radius 3 is 2.61 bits per heavy atom. The summed E-state index contributed by atoms with van der Waals surface area (Å²) >= 11 is 5.99. The molecular weight excluding hydrogens is 339 g/mol. The molecule has 0 radical (unpaired) electrons. The van der Waals surface area contributed by atoms with Crippen molar-refractivity contribution < 1.29 is 12.8 Å². The predicted molar refractivity (Wildman–Crippen MR) is 88.6 cm³/mol. The van der Waals surface area contributed by atoms with Crippen LogP contribution < -0.4 is 4.72 Å². The zero-order chi connectivity index (χ0) is 16.4. The number of aromatic nitrogens is 1. The molecule has 0 spiro atoms. The van der Waals surface area contributed by atoms with Gasteiger partial charge in [0, 0.05) is 28.7 Å². The number of sulfonamides is 1. The molecule has 0 aliphatic carbocycles. The van der Waals surface area contributed by atoms with Crippen LogP contribution >= 0.6 is 11.6 Å². The monoisotopic (exact) mass is 352 g/mol. The first kappa shape index (κ1) is 16.0. The summed E-state index contributed by atoms with van der Waals surface area (Å²) in [5.74, 6) is -0.473.